The SMILES string of the molecule is CCCCCCCCCCCCC(C)SCCCS(=O)(=O)O. The van der Waals surface area contributed by atoms with E-state index in [-0.39, 0.29) is 5.75 Å². The van der Waals surface area contributed by atoms with Gasteiger partial charge < -0.3 is 0 Å². The van der Waals surface area contributed by atoms with Gasteiger partial charge in [0.2, 0.25) is 0 Å². The maximum absolute atomic E-state index is 10.6. The highest BCUT2D eigenvalue weighted by atomic mass is 32.2. The predicted octanol–water partition coefficient (Wildman–Crippen LogP) is 5.70. The Bertz CT molecular complexity index is 329. The molecule has 0 amide bonds. The number of rotatable bonds is 16. The third-order valence-corrected chi connectivity index (χ3v) is 6.05. The molecule has 0 aliphatic carbocycles. The van der Waals surface area contributed by atoms with E-state index in [1.54, 1.807) is 0 Å². The van der Waals surface area contributed by atoms with Gasteiger partial charge >= 0.3 is 0 Å². The van der Waals surface area contributed by atoms with E-state index in [1.165, 1.54) is 70.6 Å². The van der Waals surface area contributed by atoms with Gasteiger partial charge in [0.15, 0.2) is 0 Å². The molecule has 22 heavy (non-hydrogen) atoms. The molecule has 0 radical (unpaired) electrons. The molecule has 0 aromatic carbocycles. The Hall–Kier alpha value is 0.260. The fourth-order valence-electron chi connectivity index (χ4n) is 2.53. The van der Waals surface area contributed by atoms with Gasteiger partial charge in [-0.25, -0.2) is 0 Å². The third kappa shape index (κ3) is 18.3. The summed E-state index contributed by atoms with van der Waals surface area (Å²) in [7, 11) is -3.77. The van der Waals surface area contributed by atoms with Crippen LogP contribution in [0, 0.1) is 0 Å². The molecule has 1 unspecified atom stereocenters. The Labute approximate surface area is 142 Å². The Morgan fingerprint density at radius 2 is 1.36 bits per heavy atom. The van der Waals surface area contributed by atoms with Crippen molar-refractivity contribution in [2.24, 2.45) is 0 Å². The van der Waals surface area contributed by atoms with Crippen LogP contribution in [0.5, 0.6) is 0 Å². The van der Waals surface area contributed by atoms with Crippen molar-refractivity contribution in [2.45, 2.75) is 96.1 Å². The van der Waals surface area contributed by atoms with Crippen molar-refractivity contribution in [1.82, 2.24) is 0 Å². The summed E-state index contributed by atoms with van der Waals surface area (Å²) in [4.78, 5) is 0. The minimum atomic E-state index is -3.77. The van der Waals surface area contributed by atoms with E-state index in [0.717, 1.165) is 5.75 Å². The van der Waals surface area contributed by atoms with E-state index < -0.39 is 10.1 Å². The molecule has 5 heteroatoms. The molecule has 0 aromatic rings. The zero-order valence-corrected chi connectivity index (χ0v) is 16.2. The normalized spacial score (nSPS) is 13.4. The van der Waals surface area contributed by atoms with Crippen LogP contribution in [0.4, 0.5) is 0 Å². The lowest BCUT2D eigenvalue weighted by Gasteiger charge is -2.10. The van der Waals surface area contributed by atoms with Gasteiger partial charge in [0.05, 0.1) is 5.75 Å². The second-order valence-electron chi connectivity index (χ2n) is 6.29. The summed E-state index contributed by atoms with van der Waals surface area (Å²) >= 11 is 1.82. The summed E-state index contributed by atoms with van der Waals surface area (Å²) in [6.45, 7) is 4.47. The zero-order valence-electron chi connectivity index (χ0n) is 14.6. The van der Waals surface area contributed by atoms with Crippen LogP contribution in [0.3, 0.4) is 0 Å². The highest BCUT2D eigenvalue weighted by molar-refractivity contribution is 7.99. The van der Waals surface area contributed by atoms with Gasteiger partial charge in [-0.1, -0.05) is 78.1 Å². The minimum Gasteiger partial charge on any atom is -0.286 e. The van der Waals surface area contributed by atoms with E-state index in [4.69, 9.17) is 4.55 Å². The standard InChI is InChI=1S/C17H36O3S2/c1-3-4-5-6-7-8-9-10-11-12-14-17(2)21-15-13-16-22(18,19)20/h17H,3-16H2,1-2H3,(H,18,19,20). The van der Waals surface area contributed by atoms with Crippen molar-refractivity contribution in [3.63, 3.8) is 0 Å². The van der Waals surface area contributed by atoms with Crippen LogP contribution in [0.25, 0.3) is 0 Å². The quantitative estimate of drug-likeness (QED) is 0.286. The summed E-state index contributed by atoms with van der Waals surface area (Å²) < 4.78 is 29.8. The average Bonchev–Trinajstić information content (AvgIpc) is 2.44. The van der Waals surface area contributed by atoms with Crippen molar-refractivity contribution in [3.8, 4) is 0 Å². The summed E-state index contributed by atoms with van der Waals surface area (Å²) in [5, 5.41) is 0.593. The first-order valence-electron chi connectivity index (χ1n) is 9.02. The average molecular weight is 353 g/mol. The van der Waals surface area contributed by atoms with Crippen molar-refractivity contribution >= 4 is 21.9 Å². The molecule has 0 fully saturated rings. The van der Waals surface area contributed by atoms with Crippen LogP contribution in [0.1, 0.15) is 90.9 Å². The van der Waals surface area contributed by atoms with Gasteiger partial charge in [-0.15, -0.1) is 0 Å². The van der Waals surface area contributed by atoms with E-state index in [0.29, 0.717) is 11.7 Å². The summed E-state index contributed by atoms with van der Waals surface area (Å²) in [5.74, 6) is 0.712. The fourth-order valence-corrected chi connectivity index (χ4v) is 4.27. The maximum atomic E-state index is 10.6. The van der Waals surface area contributed by atoms with Gasteiger partial charge in [0, 0.05) is 5.25 Å². The first-order chi connectivity index (χ1) is 10.5. The van der Waals surface area contributed by atoms with Gasteiger partial charge in [0.1, 0.15) is 0 Å². The van der Waals surface area contributed by atoms with Crippen molar-refractivity contribution in [3.05, 3.63) is 0 Å². The molecule has 0 saturated heterocycles. The highest BCUT2D eigenvalue weighted by Crippen LogP contribution is 2.19. The van der Waals surface area contributed by atoms with E-state index >= 15 is 0 Å². The molecule has 0 aromatic heterocycles. The lowest BCUT2D eigenvalue weighted by Crippen LogP contribution is -2.06. The molecule has 1 atom stereocenters. The van der Waals surface area contributed by atoms with E-state index in [1.807, 2.05) is 11.8 Å². The second-order valence-corrected chi connectivity index (χ2v) is 9.41. The molecule has 0 aliphatic heterocycles. The molecule has 0 aliphatic rings. The van der Waals surface area contributed by atoms with Crippen molar-refractivity contribution in [1.29, 1.82) is 0 Å². The van der Waals surface area contributed by atoms with Crippen LogP contribution < -0.4 is 0 Å². The van der Waals surface area contributed by atoms with Crippen LogP contribution >= 0.6 is 11.8 Å². The molecule has 0 spiro atoms. The van der Waals surface area contributed by atoms with Gasteiger partial charge in [-0.3, -0.25) is 4.55 Å². The Kier molecular flexibility index (Phi) is 15.0. The second kappa shape index (κ2) is 14.8. The Balaban J connectivity index is 3.23. The monoisotopic (exact) mass is 352 g/mol. The van der Waals surface area contributed by atoms with Crippen LogP contribution in [-0.4, -0.2) is 29.7 Å². The largest absolute Gasteiger partial charge is 0.286 e. The van der Waals surface area contributed by atoms with E-state index in [9.17, 15) is 8.42 Å². The topological polar surface area (TPSA) is 54.4 Å². The molecule has 0 saturated carbocycles. The molecular formula is C17H36O3S2. The highest BCUT2D eigenvalue weighted by Gasteiger charge is 2.06. The van der Waals surface area contributed by atoms with Crippen molar-refractivity contribution < 1.29 is 13.0 Å². The minimum absolute atomic E-state index is 0.106. The number of thioether (sulfide) groups is 1. The summed E-state index contributed by atoms with van der Waals surface area (Å²) in [5.41, 5.74) is 0. The Morgan fingerprint density at radius 3 is 1.86 bits per heavy atom. The van der Waals surface area contributed by atoms with Crippen molar-refractivity contribution in [2.75, 3.05) is 11.5 Å². The molecule has 3 nitrogen and oxygen atoms in total. The number of unbranched alkanes of at least 4 members (excludes halogenated alkanes) is 9. The third-order valence-electron chi connectivity index (χ3n) is 3.91. The fraction of sp³-hybridized carbons (Fsp3) is 1.00. The van der Waals surface area contributed by atoms with Gasteiger partial charge in [-0.2, -0.15) is 20.2 Å². The smallest absolute Gasteiger partial charge is 0.264 e. The zero-order chi connectivity index (χ0) is 16.7. The summed E-state index contributed by atoms with van der Waals surface area (Å²) in [6.07, 6.45) is 15.4. The Morgan fingerprint density at radius 1 is 0.864 bits per heavy atom. The first kappa shape index (κ1) is 22.3. The molecule has 0 bridgehead atoms. The van der Waals surface area contributed by atoms with Crippen LogP contribution in [0.2, 0.25) is 0 Å². The molecular weight excluding hydrogens is 316 g/mol. The lowest BCUT2D eigenvalue weighted by molar-refractivity contribution is 0.482. The van der Waals surface area contributed by atoms with E-state index in [2.05, 4.69) is 13.8 Å². The first-order valence-corrected chi connectivity index (χ1v) is 11.7. The van der Waals surface area contributed by atoms with Gasteiger partial charge in [0.25, 0.3) is 10.1 Å². The maximum Gasteiger partial charge on any atom is 0.264 e. The van der Waals surface area contributed by atoms with Crippen LogP contribution in [-0.2, 0) is 10.1 Å². The molecule has 134 valence electrons. The molecule has 0 rings (SSSR count). The molecule has 0 heterocycles. The van der Waals surface area contributed by atoms with Crippen LogP contribution in [0.15, 0.2) is 0 Å². The summed E-state index contributed by atoms with van der Waals surface area (Å²) in [6, 6.07) is 0. The predicted molar refractivity (Wildman–Crippen MR) is 99.4 cm³/mol. The number of hydrogen-bond donors (Lipinski definition) is 1. The number of hydrogen-bond acceptors (Lipinski definition) is 3. The lowest BCUT2D eigenvalue weighted by atomic mass is 10.1. The molecule has 1 N–H and O–H groups in total. The van der Waals surface area contributed by atoms with Gasteiger partial charge in [-0.05, 0) is 18.6 Å².